The standard InChI is InChI=1S/C11H9FN6/c12-6-2-1-3-7-9(6)10(18-17-7)16-11-14-5-4-8(13)15-11/h1-5H,(H4,13,14,15,16,17,18). The molecule has 0 saturated heterocycles. The van der Waals surface area contributed by atoms with Gasteiger partial charge in [0.2, 0.25) is 5.95 Å². The molecule has 0 bridgehead atoms. The first kappa shape index (κ1) is 10.5. The highest BCUT2D eigenvalue weighted by Gasteiger charge is 2.10. The molecule has 7 heteroatoms. The van der Waals surface area contributed by atoms with Crippen molar-refractivity contribution in [3.05, 3.63) is 36.3 Å². The molecule has 0 fully saturated rings. The number of nitrogens with zero attached hydrogens (tertiary/aromatic N) is 3. The van der Waals surface area contributed by atoms with Crippen molar-refractivity contribution in [1.29, 1.82) is 0 Å². The van der Waals surface area contributed by atoms with Crippen LogP contribution in [0.4, 0.5) is 22.0 Å². The smallest absolute Gasteiger partial charge is 0.230 e. The normalized spacial score (nSPS) is 10.7. The van der Waals surface area contributed by atoms with Gasteiger partial charge in [-0.05, 0) is 18.2 Å². The summed E-state index contributed by atoms with van der Waals surface area (Å²) >= 11 is 0. The molecule has 4 N–H and O–H groups in total. The molecular weight excluding hydrogens is 235 g/mol. The van der Waals surface area contributed by atoms with E-state index < -0.39 is 0 Å². The zero-order valence-corrected chi connectivity index (χ0v) is 9.18. The lowest BCUT2D eigenvalue weighted by Gasteiger charge is -2.02. The topological polar surface area (TPSA) is 92.5 Å². The Kier molecular flexibility index (Phi) is 2.30. The summed E-state index contributed by atoms with van der Waals surface area (Å²) in [6.45, 7) is 0. The molecule has 0 saturated carbocycles. The minimum atomic E-state index is -0.368. The monoisotopic (exact) mass is 244 g/mol. The highest BCUT2D eigenvalue weighted by Crippen LogP contribution is 2.25. The first-order valence-corrected chi connectivity index (χ1v) is 5.22. The third-order valence-electron chi connectivity index (χ3n) is 2.44. The van der Waals surface area contributed by atoms with Gasteiger partial charge in [-0.1, -0.05) is 6.07 Å². The van der Waals surface area contributed by atoms with Gasteiger partial charge in [0.05, 0.1) is 10.9 Å². The van der Waals surface area contributed by atoms with E-state index in [9.17, 15) is 4.39 Å². The lowest BCUT2D eigenvalue weighted by molar-refractivity contribution is 0.640. The van der Waals surface area contributed by atoms with E-state index in [1.54, 1.807) is 18.2 Å². The molecule has 0 aliphatic carbocycles. The van der Waals surface area contributed by atoms with Crippen LogP contribution >= 0.6 is 0 Å². The van der Waals surface area contributed by atoms with E-state index in [-0.39, 0.29) is 11.8 Å². The number of benzene rings is 1. The number of rotatable bonds is 2. The Bertz CT molecular complexity index is 708. The molecule has 0 atom stereocenters. The quantitative estimate of drug-likeness (QED) is 0.639. The van der Waals surface area contributed by atoms with Crippen LogP contribution in [0.25, 0.3) is 10.9 Å². The third-order valence-corrected chi connectivity index (χ3v) is 2.44. The largest absolute Gasteiger partial charge is 0.384 e. The summed E-state index contributed by atoms with van der Waals surface area (Å²) in [4.78, 5) is 7.95. The Morgan fingerprint density at radius 1 is 1.28 bits per heavy atom. The van der Waals surface area contributed by atoms with Crippen LogP contribution < -0.4 is 11.1 Å². The number of aromatic nitrogens is 4. The summed E-state index contributed by atoms with van der Waals surface area (Å²) in [5.74, 6) is 0.641. The summed E-state index contributed by atoms with van der Waals surface area (Å²) in [5, 5.41) is 9.90. The van der Waals surface area contributed by atoms with Gasteiger partial charge in [-0.2, -0.15) is 10.1 Å². The van der Waals surface area contributed by atoms with Gasteiger partial charge >= 0.3 is 0 Å². The Labute approximate surface area is 101 Å². The molecule has 2 heterocycles. The van der Waals surface area contributed by atoms with E-state index in [2.05, 4.69) is 25.5 Å². The van der Waals surface area contributed by atoms with Gasteiger partial charge in [0, 0.05) is 6.20 Å². The minimum Gasteiger partial charge on any atom is -0.384 e. The van der Waals surface area contributed by atoms with Gasteiger partial charge in [0.15, 0.2) is 0 Å². The molecule has 90 valence electrons. The third kappa shape index (κ3) is 1.71. The molecule has 0 radical (unpaired) electrons. The number of nitrogen functional groups attached to an aromatic ring is 1. The fourth-order valence-corrected chi connectivity index (χ4v) is 1.66. The molecule has 0 aliphatic rings. The maximum atomic E-state index is 13.7. The second kappa shape index (κ2) is 3.95. The van der Waals surface area contributed by atoms with Crippen molar-refractivity contribution in [1.82, 2.24) is 20.2 Å². The average molecular weight is 244 g/mol. The molecule has 0 amide bonds. The van der Waals surface area contributed by atoms with Crippen LogP contribution in [-0.4, -0.2) is 20.2 Å². The van der Waals surface area contributed by atoms with Gasteiger partial charge in [0.1, 0.15) is 17.5 Å². The van der Waals surface area contributed by atoms with Crippen molar-refractivity contribution >= 4 is 28.5 Å². The maximum absolute atomic E-state index is 13.7. The van der Waals surface area contributed by atoms with Crippen molar-refractivity contribution in [2.75, 3.05) is 11.1 Å². The number of H-pyrrole nitrogens is 1. The van der Waals surface area contributed by atoms with E-state index in [4.69, 9.17) is 5.73 Å². The maximum Gasteiger partial charge on any atom is 0.230 e. The first-order valence-electron chi connectivity index (χ1n) is 5.22. The van der Waals surface area contributed by atoms with E-state index in [0.717, 1.165) is 0 Å². The van der Waals surface area contributed by atoms with Crippen LogP contribution in [0.2, 0.25) is 0 Å². The minimum absolute atomic E-state index is 0.281. The summed E-state index contributed by atoms with van der Waals surface area (Å²) in [7, 11) is 0. The Hall–Kier alpha value is -2.70. The number of aromatic amines is 1. The second-order valence-electron chi connectivity index (χ2n) is 3.66. The summed E-state index contributed by atoms with van der Waals surface area (Å²) < 4.78 is 13.7. The molecule has 3 rings (SSSR count). The molecular formula is C11H9FN6. The number of fused-ring (bicyclic) bond motifs is 1. The zero-order chi connectivity index (χ0) is 12.5. The summed E-state index contributed by atoms with van der Waals surface area (Å²) in [6.07, 6.45) is 1.51. The van der Waals surface area contributed by atoms with Gasteiger partial charge in [-0.25, -0.2) is 9.37 Å². The van der Waals surface area contributed by atoms with E-state index in [0.29, 0.717) is 22.5 Å². The van der Waals surface area contributed by atoms with E-state index in [1.807, 2.05) is 0 Å². The molecule has 0 unspecified atom stereocenters. The highest BCUT2D eigenvalue weighted by atomic mass is 19.1. The van der Waals surface area contributed by atoms with E-state index >= 15 is 0 Å². The molecule has 18 heavy (non-hydrogen) atoms. The second-order valence-corrected chi connectivity index (χ2v) is 3.66. The van der Waals surface area contributed by atoms with Crippen molar-refractivity contribution in [2.24, 2.45) is 0 Å². The lowest BCUT2D eigenvalue weighted by Crippen LogP contribution is -2.00. The van der Waals surface area contributed by atoms with Crippen LogP contribution in [0.5, 0.6) is 0 Å². The predicted molar refractivity (Wildman–Crippen MR) is 65.8 cm³/mol. The molecule has 0 aliphatic heterocycles. The molecule has 2 aromatic heterocycles. The number of hydrogen-bond donors (Lipinski definition) is 3. The van der Waals surface area contributed by atoms with Crippen molar-refractivity contribution < 1.29 is 4.39 Å². The SMILES string of the molecule is Nc1ccnc(Nc2[nH]nc3cccc(F)c23)n1. The molecule has 1 aromatic carbocycles. The average Bonchev–Trinajstić information content (AvgIpc) is 2.74. The Balaban J connectivity index is 2.05. The van der Waals surface area contributed by atoms with Crippen LogP contribution in [0, 0.1) is 5.82 Å². The number of nitrogens with one attached hydrogen (secondary N) is 2. The zero-order valence-electron chi connectivity index (χ0n) is 9.18. The van der Waals surface area contributed by atoms with Crippen LogP contribution in [0.3, 0.4) is 0 Å². The van der Waals surface area contributed by atoms with Crippen LogP contribution in [0.1, 0.15) is 0 Å². The van der Waals surface area contributed by atoms with Crippen LogP contribution in [-0.2, 0) is 0 Å². The molecule has 0 spiro atoms. The molecule has 6 nitrogen and oxygen atoms in total. The summed E-state index contributed by atoms with van der Waals surface area (Å²) in [5.41, 5.74) is 6.07. The fraction of sp³-hybridized carbons (Fsp3) is 0. The van der Waals surface area contributed by atoms with Crippen molar-refractivity contribution in [3.8, 4) is 0 Å². The number of nitrogens with two attached hydrogens (primary N) is 1. The molecule has 3 aromatic rings. The lowest BCUT2D eigenvalue weighted by atomic mass is 10.2. The number of halogens is 1. The first-order chi connectivity index (χ1) is 8.74. The number of hydrogen-bond acceptors (Lipinski definition) is 5. The summed E-state index contributed by atoms with van der Waals surface area (Å²) in [6, 6.07) is 6.24. The van der Waals surface area contributed by atoms with Crippen LogP contribution in [0.15, 0.2) is 30.5 Å². The van der Waals surface area contributed by atoms with Gasteiger partial charge < -0.3 is 11.1 Å². The van der Waals surface area contributed by atoms with Crippen molar-refractivity contribution in [3.63, 3.8) is 0 Å². The Morgan fingerprint density at radius 3 is 3.00 bits per heavy atom. The highest BCUT2D eigenvalue weighted by molar-refractivity contribution is 5.91. The van der Waals surface area contributed by atoms with Gasteiger partial charge in [-0.15, -0.1) is 0 Å². The Morgan fingerprint density at radius 2 is 2.17 bits per heavy atom. The number of anilines is 3. The van der Waals surface area contributed by atoms with Gasteiger partial charge in [-0.3, -0.25) is 5.10 Å². The van der Waals surface area contributed by atoms with E-state index in [1.165, 1.54) is 12.3 Å². The van der Waals surface area contributed by atoms with Crippen molar-refractivity contribution in [2.45, 2.75) is 0 Å². The predicted octanol–water partition coefficient (Wildman–Crippen LogP) is 1.82. The van der Waals surface area contributed by atoms with Gasteiger partial charge in [0.25, 0.3) is 0 Å². The fourth-order valence-electron chi connectivity index (χ4n) is 1.66.